The van der Waals surface area contributed by atoms with Crippen LogP contribution in [0.2, 0.25) is 0 Å². The normalized spacial score (nSPS) is 12.4. The van der Waals surface area contributed by atoms with Crippen LogP contribution in [0.15, 0.2) is 30.3 Å². The summed E-state index contributed by atoms with van der Waals surface area (Å²) in [5.74, 6) is -0.348. The van der Waals surface area contributed by atoms with E-state index < -0.39 is 12.1 Å². The number of rotatable bonds is 7. The van der Waals surface area contributed by atoms with Crippen molar-refractivity contribution in [3.8, 4) is 0 Å². The zero-order chi connectivity index (χ0) is 13.4. The van der Waals surface area contributed by atoms with Gasteiger partial charge in [-0.05, 0) is 12.5 Å². The van der Waals surface area contributed by atoms with Crippen LogP contribution in [0.25, 0.3) is 0 Å². The van der Waals surface area contributed by atoms with Crippen LogP contribution in [0, 0.1) is 0 Å². The number of hydrogen-bond donors (Lipinski definition) is 3. The van der Waals surface area contributed by atoms with Gasteiger partial charge in [-0.25, -0.2) is 0 Å². The van der Waals surface area contributed by atoms with E-state index in [-0.39, 0.29) is 19.1 Å². The van der Waals surface area contributed by atoms with Crippen LogP contribution in [-0.4, -0.2) is 41.5 Å². The number of hydrogen-bond acceptors (Lipinski definition) is 4. The van der Waals surface area contributed by atoms with Gasteiger partial charge in [-0.15, -0.1) is 0 Å². The molecule has 0 aromatic heterocycles. The molecule has 1 amide bonds. The lowest BCUT2D eigenvalue weighted by molar-refractivity contribution is -0.133. The molecule has 0 aliphatic rings. The molecule has 0 fully saturated rings. The molecule has 0 radical (unpaired) electrons. The van der Waals surface area contributed by atoms with E-state index in [1.165, 1.54) is 0 Å². The maximum atomic E-state index is 11.6. The molecule has 1 unspecified atom stereocenters. The lowest BCUT2D eigenvalue weighted by Gasteiger charge is -2.17. The Bertz CT molecular complexity index is 351. The van der Waals surface area contributed by atoms with Gasteiger partial charge in [0, 0.05) is 0 Å². The fraction of sp³-hybridized carbons (Fsp3) is 0.462. The third kappa shape index (κ3) is 4.83. The lowest BCUT2D eigenvalue weighted by Crippen LogP contribution is -2.44. The highest BCUT2D eigenvalue weighted by molar-refractivity contribution is 5.80. The van der Waals surface area contributed by atoms with Gasteiger partial charge in [-0.1, -0.05) is 30.3 Å². The first kappa shape index (κ1) is 14.6. The van der Waals surface area contributed by atoms with Gasteiger partial charge in [0.25, 0.3) is 0 Å². The van der Waals surface area contributed by atoms with E-state index in [4.69, 9.17) is 14.9 Å². The SMILES string of the molecule is CC(OCc1ccccc1)C(=O)NC(CO)CO. The second kappa shape index (κ2) is 7.81. The van der Waals surface area contributed by atoms with E-state index >= 15 is 0 Å². The first-order valence-electron chi connectivity index (χ1n) is 5.85. The van der Waals surface area contributed by atoms with Crippen molar-refractivity contribution in [3.63, 3.8) is 0 Å². The quantitative estimate of drug-likeness (QED) is 0.642. The Labute approximate surface area is 106 Å². The van der Waals surface area contributed by atoms with Crippen LogP contribution >= 0.6 is 0 Å². The van der Waals surface area contributed by atoms with Gasteiger partial charge in [0.1, 0.15) is 6.10 Å². The van der Waals surface area contributed by atoms with E-state index in [0.29, 0.717) is 6.61 Å². The minimum absolute atomic E-state index is 0.298. The summed E-state index contributed by atoms with van der Waals surface area (Å²) in [5.41, 5.74) is 0.984. The summed E-state index contributed by atoms with van der Waals surface area (Å²) in [6, 6.07) is 8.89. The molecule has 1 aromatic carbocycles. The van der Waals surface area contributed by atoms with Crippen molar-refractivity contribution in [3.05, 3.63) is 35.9 Å². The van der Waals surface area contributed by atoms with Crippen LogP contribution in [0.1, 0.15) is 12.5 Å². The number of aliphatic hydroxyl groups is 2. The maximum Gasteiger partial charge on any atom is 0.249 e. The van der Waals surface area contributed by atoms with Crippen LogP contribution in [0.5, 0.6) is 0 Å². The molecule has 1 atom stereocenters. The molecule has 0 bridgehead atoms. The van der Waals surface area contributed by atoms with Gasteiger partial charge in [-0.2, -0.15) is 0 Å². The zero-order valence-corrected chi connectivity index (χ0v) is 10.4. The number of nitrogens with one attached hydrogen (secondary N) is 1. The molecule has 18 heavy (non-hydrogen) atoms. The molecule has 5 heteroatoms. The molecule has 0 heterocycles. The van der Waals surface area contributed by atoms with Gasteiger partial charge in [-0.3, -0.25) is 4.79 Å². The summed E-state index contributed by atoms with van der Waals surface area (Å²) >= 11 is 0. The predicted molar refractivity (Wildman–Crippen MR) is 66.8 cm³/mol. The fourth-order valence-corrected chi connectivity index (χ4v) is 1.34. The highest BCUT2D eigenvalue weighted by Gasteiger charge is 2.17. The van der Waals surface area contributed by atoms with Crippen LogP contribution in [0.4, 0.5) is 0 Å². The Kier molecular flexibility index (Phi) is 6.35. The minimum atomic E-state index is -0.639. The van der Waals surface area contributed by atoms with E-state index in [2.05, 4.69) is 5.32 Å². The second-order valence-electron chi connectivity index (χ2n) is 4.01. The van der Waals surface area contributed by atoms with Crippen molar-refractivity contribution < 1.29 is 19.7 Å². The minimum Gasteiger partial charge on any atom is -0.394 e. The summed E-state index contributed by atoms with van der Waals surface area (Å²) in [7, 11) is 0. The second-order valence-corrected chi connectivity index (χ2v) is 4.01. The average molecular weight is 253 g/mol. The van der Waals surface area contributed by atoms with Gasteiger partial charge in [0.05, 0.1) is 25.9 Å². The largest absolute Gasteiger partial charge is 0.394 e. The molecule has 0 aliphatic heterocycles. The number of benzene rings is 1. The third-order valence-electron chi connectivity index (χ3n) is 2.50. The first-order chi connectivity index (χ1) is 8.67. The van der Waals surface area contributed by atoms with E-state index in [1.54, 1.807) is 6.92 Å². The highest BCUT2D eigenvalue weighted by atomic mass is 16.5. The summed E-state index contributed by atoms with van der Waals surface area (Å²) < 4.78 is 5.40. The third-order valence-corrected chi connectivity index (χ3v) is 2.50. The number of ether oxygens (including phenoxy) is 1. The van der Waals surface area contributed by atoms with E-state index in [9.17, 15) is 4.79 Å². The fourth-order valence-electron chi connectivity index (χ4n) is 1.34. The molecule has 0 saturated carbocycles. The monoisotopic (exact) mass is 253 g/mol. The number of carbonyl (C=O) groups is 1. The first-order valence-corrected chi connectivity index (χ1v) is 5.85. The molecule has 0 spiro atoms. The predicted octanol–water partition coefficient (Wildman–Crippen LogP) is 0.0611. The van der Waals surface area contributed by atoms with Crippen LogP contribution in [0.3, 0.4) is 0 Å². The van der Waals surface area contributed by atoms with E-state index in [0.717, 1.165) is 5.56 Å². The van der Waals surface area contributed by atoms with Crippen LogP contribution in [-0.2, 0) is 16.1 Å². The Morgan fingerprint density at radius 2 is 1.89 bits per heavy atom. The number of amides is 1. The molecular weight excluding hydrogens is 234 g/mol. The van der Waals surface area contributed by atoms with Crippen molar-refractivity contribution in [1.82, 2.24) is 5.32 Å². The molecule has 100 valence electrons. The van der Waals surface area contributed by atoms with Gasteiger partial charge < -0.3 is 20.3 Å². The molecular formula is C13H19NO4. The summed E-state index contributed by atoms with van der Waals surface area (Å²) in [5, 5.41) is 20.2. The van der Waals surface area contributed by atoms with Crippen molar-refractivity contribution in [2.24, 2.45) is 0 Å². The number of aliphatic hydroxyl groups excluding tert-OH is 2. The summed E-state index contributed by atoms with van der Waals surface area (Å²) in [4.78, 5) is 11.6. The topological polar surface area (TPSA) is 78.8 Å². The summed E-state index contributed by atoms with van der Waals surface area (Å²) in [6.45, 7) is 1.38. The Morgan fingerprint density at radius 1 is 1.28 bits per heavy atom. The van der Waals surface area contributed by atoms with Crippen LogP contribution < -0.4 is 5.32 Å². The smallest absolute Gasteiger partial charge is 0.249 e. The molecule has 3 N–H and O–H groups in total. The lowest BCUT2D eigenvalue weighted by atomic mass is 10.2. The Hall–Kier alpha value is -1.43. The molecule has 5 nitrogen and oxygen atoms in total. The average Bonchev–Trinajstić information content (AvgIpc) is 2.42. The number of carbonyl (C=O) groups excluding carboxylic acids is 1. The van der Waals surface area contributed by atoms with Crippen molar-refractivity contribution >= 4 is 5.91 Å². The Morgan fingerprint density at radius 3 is 2.44 bits per heavy atom. The highest BCUT2D eigenvalue weighted by Crippen LogP contribution is 2.03. The van der Waals surface area contributed by atoms with Crippen molar-refractivity contribution in [2.45, 2.75) is 25.7 Å². The molecule has 1 aromatic rings. The molecule has 0 saturated heterocycles. The molecule has 0 aliphatic carbocycles. The zero-order valence-electron chi connectivity index (χ0n) is 10.4. The molecule has 1 rings (SSSR count). The Balaban J connectivity index is 2.36. The van der Waals surface area contributed by atoms with Gasteiger partial charge in [0.15, 0.2) is 0 Å². The van der Waals surface area contributed by atoms with E-state index in [1.807, 2.05) is 30.3 Å². The maximum absolute atomic E-state index is 11.6. The summed E-state index contributed by atoms with van der Waals surface area (Å²) in [6.07, 6.45) is -0.634. The standard InChI is InChI=1S/C13H19NO4/c1-10(13(17)14-12(7-15)8-16)18-9-11-5-3-2-4-6-11/h2-6,10,12,15-16H,7-9H2,1H3,(H,14,17). The van der Waals surface area contributed by atoms with Crippen molar-refractivity contribution in [1.29, 1.82) is 0 Å². The van der Waals surface area contributed by atoms with Crippen molar-refractivity contribution in [2.75, 3.05) is 13.2 Å². The van der Waals surface area contributed by atoms with Gasteiger partial charge >= 0.3 is 0 Å². The van der Waals surface area contributed by atoms with Gasteiger partial charge in [0.2, 0.25) is 5.91 Å².